The minimum atomic E-state index is -3.15. The molecule has 0 saturated carbocycles. The fourth-order valence-corrected chi connectivity index (χ4v) is 2.19. The quantitative estimate of drug-likeness (QED) is 0.769. The molecule has 0 heterocycles. The molecule has 8 heteroatoms. The van der Waals surface area contributed by atoms with E-state index in [1.165, 1.54) is 26.4 Å². The van der Waals surface area contributed by atoms with E-state index in [1.54, 1.807) is 6.92 Å². The van der Waals surface area contributed by atoms with Gasteiger partial charge in [-0.05, 0) is 12.1 Å². The van der Waals surface area contributed by atoms with E-state index in [4.69, 9.17) is 19.3 Å². The van der Waals surface area contributed by atoms with Crippen LogP contribution in [0.3, 0.4) is 0 Å². The summed E-state index contributed by atoms with van der Waals surface area (Å²) in [6, 6.07) is 2.57. The van der Waals surface area contributed by atoms with Crippen molar-refractivity contribution in [3.63, 3.8) is 0 Å². The van der Waals surface area contributed by atoms with Crippen molar-refractivity contribution in [1.29, 1.82) is 0 Å². The third-order valence-electron chi connectivity index (χ3n) is 2.79. The van der Waals surface area contributed by atoms with Crippen LogP contribution in [0.4, 0.5) is 0 Å². The molecule has 0 spiro atoms. The van der Waals surface area contributed by atoms with Crippen molar-refractivity contribution in [1.82, 2.24) is 0 Å². The van der Waals surface area contributed by atoms with E-state index in [2.05, 4.69) is 0 Å². The first-order valence-corrected chi connectivity index (χ1v) is 7.99. The van der Waals surface area contributed by atoms with Crippen molar-refractivity contribution in [2.75, 3.05) is 32.3 Å². The van der Waals surface area contributed by atoms with Gasteiger partial charge in [0.05, 0.1) is 25.5 Å². The number of hydrogen-bond acceptors (Lipinski definition) is 6. The molecule has 0 aromatic heterocycles. The third-order valence-corrected chi connectivity index (χ3v) is 4.46. The lowest BCUT2D eigenvalue weighted by atomic mass is 10.2. The number of carboxylic acids is 1. The Morgan fingerprint density at radius 2 is 1.71 bits per heavy atom. The summed E-state index contributed by atoms with van der Waals surface area (Å²) in [6.45, 7) is 1.48. The first-order valence-electron chi connectivity index (χ1n) is 6.17. The monoisotopic (exact) mass is 318 g/mol. The summed E-state index contributed by atoms with van der Waals surface area (Å²) in [5, 5.41) is 9.00. The normalized spacial score (nSPS) is 11.0. The lowest BCUT2D eigenvalue weighted by molar-refractivity contribution is 0.0696. The zero-order valence-corrected chi connectivity index (χ0v) is 12.9. The molecule has 0 aliphatic heterocycles. The number of benzene rings is 1. The highest BCUT2D eigenvalue weighted by Crippen LogP contribution is 2.38. The highest BCUT2D eigenvalue weighted by Gasteiger charge is 2.18. The van der Waals surface area contributed by atoms with Gasteiger partial charge in [0.25, 0.3) is 0 Å². The number of hydrogen-bond donors (Lipinski definition) is 1. The predicted octanol–water partition coefficient (Wildman–Crippen LogP) is 1.22. The van der Waals surface area contributed by atoms with Gasteiger partial charge in [-0.2, -0.15) is 0 Å². The lowest BCUT2D eigenvalue weighted by Gasteiger charge is -2.15. The molecular weight excluding hydrogens is 300 g/mol. The number of methoxy groups -OCH3 is 2. The Kier molecular flexibility index (Phi) is 5.83. The summed E-state index contributed by atoms with van der Waals surface area (Å²) in [7, 11) is -0.437. The lowest BCUT2D eigenvalue weighted by Crippen LogP contribution is -2.16. The maximum atomic E-state index is 11.4. The molecule has 0 radical (unpaired) electrons. The smallest absolute Gasteiger partial charge is 0.335 e. The van der Waals surface area contributed by atoms with Crippen LogP contribution in [0.1, 0.15) is 17.3 Å². The summed E-state index contributed by atoms with van der Waals surface area (Å²) in [5.41, 5.74) is -0.0165. The van der Waals surface area contributed by atoms with Crippen molar-refractivity contribution in [2.45, 2.75) is 6.92 Å². The Bertz CT molecular complexity index is 582. The van der Waals surface area contributed by atoms with Crippen LogP contribution < -0.4 is 14.2 Å². The predicted molar refractivity (Wildman–Crippen MR) is 76.3 cm³/mol. The van der Waals surface area contributed by atoms with Crippen LogP contribution >= 0.6 is 0 Å². The van der Waals surface area contributed by atoms with Crippen LogP contribution in [0.15, 0.2) is 12.1 Å². The first kappa shape index (κ1) is 17.1. The standard InChI is InChI=1S/C13H18O7S/c1-4-21(16,17)6-5-20-12-10(18-2)7-9(13(14)15)8-11(12)19-3/h7-8H,4-6H2,1-3H3,(H,14,15). The van der Waals surface area contributed by atoms with Gasteiger partial charge in [-0.1, -0.05) is 6.92 Å². The number of rotatable bonds is 8. The van der Waals surface area contributed by atoms with Gasteiger partial charge in [-0.25, -0.2) is 13.2 Å². The molecule has 0 fully saturated rings. The molecule has 0 unspecified atom stereocenters. The number of sulfone groups is 1. The molecule has 0 bridgehead atoms. The van der Waals surface area contributed by atoms with E-state index < -0.39 is 15.8 Å². The molecule has 7 nitrogen and oxygen atoms in total. The van der Waals surface area contributed by atoms with Crippen molar-refractivity contribution in [2.24, 2.45) is 0 Å². The van der Waals surface area contributed by atoms with Crippen molar-refractivity contribution in [3.8, 4) is 17.2 Å². The second-order valence-corrected chi connectivity index (χ2v) is 6.57. The molecule has 1 aromatic carbocycles. The Morgan fingerprint density at radius 3 is 2.10 bits per heavy atom. The van der Waals surface area contributed by atoms with Gasteiger partial charge >= 0.3 is 5.97 Å². The number of aromatic carboxylic acids is 1. The zero-order chi connectivity index (χ0) is 16.0. The van der Waals surface area contributed by atoms with Gasteiger partial charge in [-0.15, -0.1) is 0 Å². The van der Waals surface area contributed by atoms with Gasteiger partial charge in [0.1, 0.15) is 6.61 Å². The Morgan fingerprint density at radius 1 is 1.19 bits per heavy atom. The van der Waals surface area contributed by atoms with Crippen molar-refractivity contribution >= 4 is 15.8 Å². The molecular formula is C13H18O7S. The van der Waals surface area contributed by atoms with E-state index in [1.807, 2.05) is 0 Å². The minimum Gasteiger partial charge on any atom is -0.493 e. The number of ether oxygens (including phenoxy) is 3. The van der Waals surface area contributed by atoms with Gasteiger partial charge in [0.15, 0.2) is 21.3 Å². The Balaban J connectivity index is 3.02. The third kappa shape index (κ3) is 4.52. The van der Waals surface area contributed by atoms with Crippen molar-refractivity contribution in [3.05, 3.63) is 17.7 Å². The summed E-state index contributed by atoms with van der Waals surface area (Å²) < 4.78 is 38.4. The molecule has 0 aliphatic rings. The van der Waals surface area contributed by atoms with Crippen LogP contribution in [-0.2, 0) is 9.84 Å². The summed E-state index contributed by atoms with van der Waals surface area (Å²) in [6.07, 6.45) is 0. The second-order valence-electron chi connectivity index (χ2n) is 4.10. The van der Waals surface area contributed by atoms with Crippen LogP contribution in [0.2, 0.25) is 0 Å². The molecule has 0 aliphatic carbocycles. The van der Waals surface area contributed by atoms with Gasteiger partial charge < -0.3 is 19.3 Å². The second kappa shape index (κ2) is 7.16. The molecule has 1 N–H and O–H groups in total. The topological polar surface area (TPSA) is 99.1 Å². The Labute approximate surface area is 123 Å². The van der Waals surface area contributed by atoms with Gasteiger partial charge in [0, 0.05) is 5.75 Å². The summed E-state index contributed by atoms with van der Waals surface area (Å²) in [4.78, 5) is 11.0. The molecule has 0 atom stereocenters. The van der Waals surface area contributed by atoms with E-state index in [9.17, 15) is 13.2 Å². The number of carbonyl (C=O) groups is 1. The average Bonchev–Trinajstić information content (AvgIpc) is 2.46. The highest BCUT2D eigenvalue weighted by atomic mass is 32.2. The molecule has 21 heavy (non-hydrogen) atoms. The highest BCUT2D eigenvalue weighted by molar-refractivity contribution is 7.91. The molecule has 0 amide bonds. The SMILES string of the molecule is CCS(=O)(=O)CCOc1c(OC)cc(C(=O)O)cc1OC. The maximum Gasteiger partial charge on any atom is 0.335 e. The largest absolute Gasteiger partial charge is 0.493 e. The van der Waals surface area contributed by atoms with Crippen molar-refractivity contribution < 1.29 is 32.5 Å². The van der Waals surface area contributed by atoms with E-state index >= 15 is 0 Å². The summed E-state index contributed by atoms with van der Waals surface area (Å²) in [5.74, 6) is -0.733. The van der Waals surface area contributed by atoms with Gasteiger partial charge in [0.2, 0.25) is 5.75 Å². The van der Waals surface area contributed by atoms with E-state index in [-0.39, 0.29) is 40.9 Å². The van der Waals surface area contributed by atoms with Crippen LogP contribution in [0.5, 0.6) is 17.2 Å². The molecule has 1 rings (SSSR count). The number of carboxylic acid groups (broad SMARTS) is 1. The molecule has 0 saturated heterocycles. The minimum absolute atomic E-state index is 0.0165. The fourth-order valence-electron chi connectivity index (χ4n) is 1.56. The van der Waals surface area contributed by atoms with Crippen LogP contribution in [-0.4, -0.2) is 51.8 Å². The van der Waals surface area contributed by atoms with Gasteiger partial charge in [-0.3, -0.25) is 0 Å². The first-order chi connectivity index (χ1) is 9.84. The van der Waals surface area contributed by atoms with Crippen LogP contribution in [0, 0.1) is 0 Å². The molecule has 118 valence electrons. The van der Waals surface area contributed by atoms with E-state index in [0.29, 0.717) is 0 Å². The maximum absolute atomic E-state index is 11.4. The van der Waals surface area contributed by atoms with E-state index in [0.717, 1.165) is 0 Å². The van der Waals surface area contributed by atoms with Crippen LogP contribution in [0.25, 0.3) is 0 Å². The summed E-state index contributed by atoms with van der Waals surface area (Å²) >= 11 is 0. The zero-order valence-electron chi connectivity index (χ0n) is 12.1. The fraction of sp³-hybridized carbons (Fsp3) is 0.462. The average molecular weight is 318 g/mol. The Hall–Kier alpha value is -1.96. The molecule has 1 aromatic rings.